The Morgan fingerprint density at radius 3 is 2.41 bits per heavy atom. The molecule has 1 atom stereocenters. The summed E-state index contributed by atoms with van der Waals surface area (Å²) in [5.41, 5.74) is 1.95. The third-order valence-electron chi connectivity index (χ3n) is 5.50. The summed E-state index contributed by atoms with van der Waals surface area (Å²) >= 11 is 0. The minimum Gasteiger partial charge on any atom is -0.496 e. The first-order chi connectivity index (χ1) is 14.1. The average Bonchev–Trinajstić information content (AvgIpc) is 3.02. The number of likely N-dealkylation sites (tertiary alicyclic amines) is 1. The van der Waals surface area contributed by atoms with Crippen molar-refractivity contribution >= 4 is 12.0 Å². The number of methoxy groups -OCH3 is 3. The molecule has 0 radical (unpaired) electrons. The van der Waals surface area contributed by atoms with E-state index in [9.17, 15) is 4.79 Å². The third kappa shape index (κ3) is 4.58. The number of benzene rings is 1. The molecule has 1 aliphatic rings. The number of aromatic nitrogens is 1. The summed E-state index contributed by atoms with van der Waals surface area (Å²) in [6.07, 6.45) is 9.75. The zero-order valence-corrected chi connectivity index (χ0v) is 17.7. The summed E-state index contributed by atoms with van der Waals surface area (Å²) in [7, 11) is 6.80. The average molecular weight is 399 g/mol. The summed E-state index contributed by atoms with van der Waals surface area (Å²) < 4.78 is 18.3. The minimum absolute atomic E-state index is 0.00920. The van der Waals surface area contributed by atoms with E-state index in [0.29, 0.717) is 17.2 Å². The Kier molecular flexibility index (Phi) is 6.86. The largest absolute Gasteiger partial charge is 0.496 e. The highest BCUT2D eigenvalue weighted by Crippen LogP contribution is 2.35. The fourth-order valence-corrected chi connectivity index (χ4v) is 3.94. The number of hydrogen-bond acceptors (Lipinski definition) is 4. The number of hydrogen-bond donors (Lipinski definition) is 0. The molecule has 2 aromatic rings. The molecule has 0 saturated carbocycles. The fraction of sp³-hybridized carbons (Fsp3) is 0.435. The molecule has 0 bridgehead atoms. The maximum Gasteiger partial charge on any atom is 0.247 e. The molecule has 1 aromatic heterocycles. The van der Waals surface area contributed by atoms with E-state index in [1.807, 2.05) is 30.3 Å². The van der Waals surface area contributed by atoms with Crippen LogP contribution in [0.25, 0.3) is 6.08 Å². The van der Waals surface area contributed by atoms with Gasteiger partial charge in [-0.2, -0.15) is 0 Å². The van der Waals surface area contributed by atoms with Crippen LogP contribution in [0.5, 0.6) is 17.2 Å². The zero-order chi connectivity index (χ0) is 20.8. The molecule has 156 valence electrons. The normalized spacial score (nSPS) is 17.2. The predicted octanol–water partition coefficient (Wildman–Crippen LogP) is 4.21. The topological polar surface area (TPSA) is 52.9 Å². The van der Waals surface area contributed by atoms with Crippen molar-refractivity contribution < 1.29 is 19.0 Å². The Morgan fingerprint density at radius 1 is 1.03 bits per heavy atom. The maximum atomic E-state index is 13.2. The summed E-state index contributed by atoms with van der Waals surface area (Å²) in [5, 5.41) is 0. The van der Waals surface area contributed by atoms with E-state index in [1.54, 1.807) is 39.5 Å². The van der Waals surface area contributed by atoms with E-state index < -0.39 is 0 Å². The predicted molar refractivity (Wildman–Crippen MR) is 113 cm³/mol. The van der Waals surface area contributed by atoms with Gasteiger partial charge >= 0.3 is 0 Å². The molecule has 1 aliphatic heterocycles. The molecule has 1 aromatic carbocycles. The smallest absolute Gasteiger partial charge is 0.247 e. The van der Waals surface area contributed by atoms with Crippen LogP contribution >= 0.6 is 0 Å². The monoisotopic (exact) mass is 398 g/mol. The Labute approximate surface area is 172 Å². The van der Waals surface area contributed by atoms with Gasteiger partial charge in [-0.05, 0) is 37.1 Å². The van der Waals surface area contributed by atoms with Crippen LogP contribution in [0.15, 0.2) is 36.5 Å². The van der Waals surface area contributed by atoms with E-state index in [4.69, 9.17) is 14.2 Å². The van der Waals surface area contributed by atoms with Crippen LogP contribution in [0, 0.1) is 0 Å². The number of amides is 1. The van der Waals surface area contributed by atoms with Crippen LogP contribution in [0.2, 0.25) is 0 Å². The van der Waals surface area contributed by atoms with Gasteiger partial charge in [0.15, 0.2) is 11.5 Å². The lowest BCUT2D eigenvalue weighted by molar-refractivity contribution is -0.128. The number of rotatable bonds is 6. The van der Waals surface area contributed by atoms with Gasteiger partial charge in [0, 0.05) is 43.2 Å². The molecule has 29 heavy (non-hydrogen) atoms. The van der Waals surface area contributed by atoms with E-state index in [-0.39, 0.29) is 11.9 Å². The van der Waals surface area contributed by atoms with Gasteiger partial charge in [0.2, 0.25) is 5.91 Å². The summed E-state index contributed by atoms with van der Waals surface area (Å²) in [6.45, 7) is 0.766. The standard InChI is InChI=1S/C23H30N2O4/c1-24-13-8-10-18(24)19-9-6-5-7-14-25(19)23(26)12-11-17-15-21(28-3)22(29-4)16-20(17)27-2/h8,10-13,15-16,19H,5-7,9,14H2,1-4H3/b12-11+. The van der Waals surface area contributed by atoms with Gasteiger partial charge in [0.05, 0.1) is 27.4 Å². The van der Waals surface area contributed by atoms with Crippen molar-refractivity contribution in [3.63, 3.8) is 0 Å². The van der Waals surface area contributed by atoms with Crippen LogP contribution in [-0.4, -0.2) is 43.2 Å². The summed E-state index contributed by atoms with van der Waals surface area (Å²) in [6, 6.07) is 7.83. The van der Waals surface area contributed by atoms with Crippen LogP contribution < -0.4 is 14.2 Å². The van der Waals surface area contributed by atoms with Crippen molar-refractivity contribution in [1.82, 2.24) is 9.47 Å². The van der Waals surface area contributed by atoms with Gasteiger partial charge in [-0.3, -0.25) is 4.79 Å². The van der Waals surface area contributed by atoms with Crippen molar-refractivity contribution in [2.75, 3.05) is 27.9 Å². The van der Waals surface area contributed by atoms with Gasteiger partial charge in [0.1, 0.15) is 5.75 Å². The first kappa shape index (κ1) is 20.8. The summed E-state index contributed by atoms with van der Waals surface area (Å²) in [4.78, 5) is 15.1. The fourth-order valence-electron chi connectivity index (χ4n) is 3.94. The van der Waals surface area contributed by atoms with Crippen molar-refractivity contribution in [2.45, 2.75) is 31.7 Å². The lowest BCUT2D eigenvalue weighted by Crippen LogP contribution is -2.34. The number of carbonyl (C=O) groups is 1. The second kappa shape index (κ2) is 9.54. The second-order valence-corrected chi connectivity index (χ2v) is 7.22. The van der Waals surface area contributed by atoms with Gasteiger partial charge in [-0.15, -0.1) is 0 Å². The van der Waals surface area contributed by atoms with E-state index in [0.717, 1.165) is 37.8 Å². The van der Waals surface area contributed by atoms with Crippen LogP contribution in [0.1, 0.15) is 43.0 Å². The molecule has 6 heteroatoms. The first-order valence-electron chi connectivity index (χ1n) is 9.99. The number of carbonyl (C=O) groups excluding carboxylic acids is 1. The quantitative estimate of drug-likeness (QED) is 0.684. The molecule has 1 unspecified atom stereocenters. The lowest BCUT2D eigenvalue weighted by atomic mass is 10.1. The SMILES string of the molecule is COc1cc(OC)c(OC)cc1/C=C/C(=O)N1CCCCCC1c1cccn1C. The molecular formula is C23H30N2O4. The van der Waals surface area contributed by atoms with Crippen molar-refractivity contribution in [1.29, 1.82) is 0 Å². The van der Waals surface area contributed by atoms with E-state index in [1.165, 1.54) is 5.69 Å². The van der Waals surface area contributed by atoms with Gasteiger partial charge in [0.25, 0.3) is 0 Å². The van der Waals surface area contributed by atoms with Crippen molar-refractivity contribution in [3.8, 4) is 17.2 Å². The molecule has 1 saturated heterocycles. The molecule has 3 rings (SSSR count). The van der Waals surface area contributed by atoms with E-state index >= 15 is 0 Å². The maximum absolute atomic E-state index is 13.2. The minimum atomic E-state index is 0.00920. The number of nitrogens with zero attached hydrogens (tertiary/aromatic N) is 2. The zero-order valence-electron chi connectivity index (χ0n) is 17.7. The van der Waals surface area contributed by atoms with Crippen LogP contribution in [-0.2, 0) is 11.8 Å². The molecule has 6 nitrogen and oxygen atoms in total. The van der Waals surface area contributed by atoms with E-state index in [2.05, 4.69) is 10.6 Å². The Hall–Kier alpha value is -2.89. The molecule has 2 heterocycles. The number of ether oxygens (including phenoxy) is 3. The summed E-state index contributed by atoms with van der Waals surface area (Å²) in [5.74, 6) is 1.82. The third-order valence-corrected chi connectivity index (χ3v) is 5.50. The van der Waals surface area contributed by atoms with Gasteiger partial charge in [-0.25, -0.2) is 0 Å². The van der Waals surface area contributed by atoms with Crippen LogP contribution in [0.3, 0.4) is 0 Å². The van der Waals surface area contributed by atoms with Crippen LogP contribution in [0.4, 0.5) is 0 Å². The first-order valence-corrected chi connectivity index (χ1v) is 9.99. The van der Waals surface area contributed by atoms with Gasteiger partial charge < -0.3 is 23.7 Å². The highest BCUT2D eigenvalue weighted by atomic mass is 16.5. The lowest BCUT2D eigenvalue weighted by Gasteiger charge is -2.29. The molecule has 0 aliphatic carbocycles. The van der Waals surface area contributed by atoms with Crippen molar-refractivity contribution in [2.24, 2.45) is 7.05 Å². The Balaban J connectivity index is 1.87. The molecule has 1 fully saturated rings. The molecule has 1 amide bonds. The highest BCUT2D eigenvalue weighted by molar-refractivity contribution is 5.92. The number of aryl methyl sites for hydroxylation is 1. The Morgan fingerprint density at radius 2 is 1.76 bits per heavy atom. The Bertz CT molecular complexity index is 872. The van der Waals surface area contributed by atoms with Gasteiger partial charge in [-0.1, -0.05) is 12.8 Å². The second-order valence-electron chi connectivity index (χ2n) is 7.22. The van der Waals surface area contributed by atoms with Crippen molar-refractivity contribution in [3.05, 3.63) is 47.8 Å². The molecule has 0 N–H and O–H groups in total. The highest BCUT2D eigenvalue weighted by Gasteiger charge is 2.27. The molecule has 0 spiro atoms. The molecular weight excluding hydrogens is 368 g/mol.